The zero-order valence-corrected chi connectivity index (χ0v) is 10.6. The van der Waals surface area contributed by atoms with Gasteiger partial charge in [0.05, 0.1) is 11.6 Å². The zero-order chi connectivity index (χ0) is 12.2. The lowest BCUT2D eigenvalue weighted by Crippen LogP contribution is -2.30. The first-order chi connectivity index (χ1) is 7.55. The summed E-state index contributed by atoms with van der Waals surface area (Å²) >= 11 is 5.69. The summed E-state index contributed by atoms with van der Waals surface area (Å²) in [4.78, 5) is 18.4. The highest BCUT2D eigenvalue weighted by molar-refractivity contribution is 6.16. The Morgan fingerprint density at radius 1 is 1.56 bits per heavy atom. The predicted octanol–water partition coefficient (Wildman–Crippen LogP) is 2.17. The Morgan fingerprint density at radius 2 is 2.25 bits per heavy atom. The lowest BCUT2D eigenvalue weighted by Gasteiger charge is -2.27. The Kier molecular flexibility index (Phi) is 4.50. The molecule has 0 radical (unpaired) electrons. The van der Waals surface area contributed by atoms with Gasteiger partial charge in [-0.1, -0.05) is 6.92 Å². The molecular formula is C11H17ClN2O2. The number of rotatable bonds is 5. The lowest BCUT2D eigenvalue weighted by molar-refractivity contribution is -0.0393. The van der Waals surface area contributed by atoms with Crippen LogP contribution in [0.5, 0.6) is 0 Å². The second kappa shape index (κ2) is 5.46. The van der Waals surface area contributed by atoms with Gasteiger partial charge in [0.25, 0.3) is 5.56 Å². The number of nitrogens with zero attached hydrogens (tertiary/aromatic N) is 1. The summed E-state index contributed by atoms with van der Waals surface area (Å²) in [6, 6.07) is 1.40. The standard InChI is InChI=1S/C11H17ClN2O2/c1-4-11(3,16-5-2)10-13-8(7-12)6-9(15)14-10/h6H,4-5,7H2,1-3H3,(H,13,14,15). The van der Waals surface area contributed by atoms with Crippen molar-refractivity contribution in [2.24, 2.45) is 0 Å². The van der Waals surface area contributed by atoms with Crippen LogP contribution < -0.4 is 5.56 Å². The van der Waals surface area contributed by atoms with Gasteiger partial charge in [0.2, 0.25) is 0 Å². The molecule has 1 unspecified atom stereocenters. The first kappa shape index (κ1) is 13.2. The van der Waals surface area contributed by atoms with E-state index in [1.807, 2.05) is 20.8 Å². The highest BCUT2D eigenvalue weighted by Gasteiger charge is 2.28. The molecule has 0 bridgehead atoms. The quantitative estimate of drug-likeness (QED) is 0.808. The van der Waals surface area contributed by atoms with Crippen LogP contribution in [-0.4, -0.2) is 16.6 Å². The minimum atomic E-state index is -0.560. The van der Waals surface area contributed by atoms with Gasteiger partial charge < -0.3 is 9.72 Å². The first-order valence-corrected chi connectivity index (χ1v) is 5.89. The molecule has 16 heavy (non-hydrogen) atoms. The molecule has 1 aromatic rings. The van der Waals surface area contributed by atoms with E-state index in [-0.39, 0.29) is 11.4 Å². The number of aromatic amines is 1. The summed E-state index contributed by atoms with van der Waals surface area (Å²) in [5.41, 5.74) is -0.185. The summed E-state index contributed by atoms with van der Waals surface area (Å²) < 4.78 is 5.64. The van der Waals surface area contributed by atoms with Gasteiger partial charge in [0.1, 0.15) is 11.4 Å². The van der Waals surface area contributed by atoms with Crippen molar-refractivity contribution in [3.8, 4) is 0 Å². The predicted molar refractivity (Wildman–Crippen MR) is 63.7 cm³/mol. The highest BCUT2D eigenvalue weighted by atomic mass is 35.5. The summed E-state index contributed by atoms with van der Waals surface area (Å²) in [5.74, 6) is 0.767. The molecular weight excluding hydrogens is 228 g/mol. The minimum Gasteiger partial charge on any atom is -0.368 e. The molecule has 0 saturated carbocycles. The average Bonchev–Trinajstić information content (AvgIpc) is 2.28. The fourth-order valence-electron chi connectivity index (χ4n) is 1.48. The number of hydrogen-bond donors (Lipinski definition) is 1. The summed E-state index contributed by atoms with van der Waals surface area (Å²) in [6.45, 7) is 6.38. The van der Waals surface area contributed by atoms with E-state index in [1.165, 1.54) is 6.07 Å². The van der Waals surface area contributed by atoms with Gasteiger partial charge in [-0.3, -0.25) is 4.79 Å². The number of hydrogen-bond acceptors (Lipinski definition) is 3. The van der Waals surface area contributed by atoms with E-state index in [1.54, 1.807) is 0 Å². The van der Waals surface area contributed by atoms with Crippen molar-refractivity contribution >= 4 is 11.6 Å². The Bertz CT molecular complexity index is 405. The van der Waals surface area contributed by atoms with E-state index in [4.69, 9.17) is 16.3 Å². The molecule has 90 valence electrons. The Labute approximate surface area is 100 Å². The molecule has 0 amide bonds. The van der Waals surface area contributed by atoms with Gasteiger partial charge in [0, 0.05) is 12.7 Å². The summed E-state index contributed by atoms with van der Waals surface area (Å²) in [7, 11) is 0. The maximum absolute atomic E-state index is 11.4. The smallest absolute Gasteiger partial charge is 0.251 e. The van der Waals surface area contributed by atoms with Crippen molar-refractivity contribution in [3.63, 3.8) is 0 Å². The van der Waals surface area contributed by atoms with Crippen LogP contribution in [-0.2, 0) is 16.2 Å². The molecule has 4 nitrogen and oxygen atoms in total. The van der Waals surface area contributed by atoms with E-state index < -0.39 is 5.60 Å². The summed E-state index contributed by atoms with van der Waals surface area (Å²) in [5, 5.41) is 0. The van der Waals surface area contributed by atoms with Gasteiger partial charge in [-0.25, -0.2) is 4.98 Å². The molecule has 1 rings (SSSR count). The van der Waals surface area contributed by atoms with Crippen LogP contribution in [0.1, 0.15) is 38.7 Å². The third-order valence-corrected chi connectivity index (χ3v) is 2.84. The van der Waals surface area contributed by atoms with Crippen molar-refractivity contribution in [1.29, 1.82) is 0 Å². The van der Waals surface area contributed by atoms with Crippen LogP contribution in [0.3, 0.4) is 0 Å². The molecule has 0 aliphatic rings. The van der Waals surface area contributed by atoms with Crippen LogP contribution >= 0.6 is 11.6 Å². The van der Waals surface area contributed by atoms with Crippen LogP contribution in [0.25, 0.3) is 0 Å². The highest BCUT2D eigenvalue weighted by Crippen LogP contribution is 2.25. The van der Waals surface area contributed by atoms with Crippen molar-refractivity contribution < 1.29 is 4.74 Å². The molecule has 0 aromatic carbocycles. The molecule has 0 fully saturated rings. The van der Waals surface area contributed by atoms with E-state index in [2.05, 4.69) is 9.97 Å². The van der Waals surface area contributed by atoms with E-state index in [0.29, 0.717) is 18.1 Å². The van der Waals surface area contributed by atoms with Crippen LogP contribution in [0, 0.1) is 0 Å². The Balaban J connectivity index is 3.19. The van der Waals surface area contributed by atoms with Gasteiger partial charge in [-0.15, -0.1) is 11.6 Å². The van der Waals surface area contributed by atoms with E-state index in [0.717, 1.165) is 6.42 Å². The number of aromatic nitrogens is 2. The molecule has 5 heteroatoms. The average molecular weight is 245 g/mol. The molecule has 0 aliphatic carbocycles. The number of nitrogens with one attached hydrogen (secondary N) is 1. The molecule has 0 spiro atoms. The maximum Gasteiger partial charge on any atom is 0.251 e. The Hall–Kier alpha value is -0.870. The van der Waals surface area contributed by atoms with Crippen molar-refractivity contribution in [1.82, 2.24) is 9.97 Å². The van der Waals surface area contributed by atoms with Crippen LogP contribution in [0.15, 0.2) is 10.9 Å². The molecule has 1 atom stereocenters. The third kappa shape index (κ3) is 2.83. The topological polar surface area (TPSA) is 55.0 Å². The first-order valence-electron chi connectivity index (χ1n) is 5.36. The lowest BCUT2D eigenvalue weighted by atomic mass is 10.0. The Morgan fingerprint density at radius 3 is 2.75 bits per heavy atom. The number of alkyl halides is 1. The second-order valence-corrected chi connectivity index (χ2v) is 4.00. The van der Waals surface area contributed by atoms with Gasteiger partial charge in [-0.2, -0.15) is 0 Å². The summed E-state index contributed by atoms with van der Waals surface area (Å²) in [6.07, 6.45) is 0.732. The van der Waals surface area contributed by atoms with Crippen molar-refractivity contribution in [3.05, 3.63) is 27.9 Å². The fraction of sp³-hybridized carbons (Fsp3) is 0.636. The van der Waals surface area contributed by atoms with Gasteiger partial charge in [-0.05, 0) is 20.3 Å². The van der Waals surface area contributed by atoms with Crippen molar-refractivity contribution in [2.75, 3.05) is 6.61 Å². The molecule has 1 heterocycles. The van der Waals surface area contributed by atoms with Crippen LogP contribution in [0.2, 0.25) is 0 Å². The molecule has 1 N–H and O–H groups in total. The second-order valence-electron chi connectivity index (χ2n) is 3.74. The third-order valence-electron chi connectivity index (χ3n) is 2.57. The number of ether oxygens (including phenoxy) is 1. The van der Waals surface area contributed by atoms with Gasteiger partial charge >= 0.3 is 0 Å². The normalized spacial score (nSPS) is 14.8. The molecule has 0 saturated heterocycles. The maximum atomic E-state index is 11.4. The fourth-order valence-corrected chi connectivity index (χ4v) is 1.62. The SMILES string of the molecule is CCOC(C)(CC)c1nc(CCl)cc(=O)[nH]1. The minimum absolute atomic E-state index is 0.194. The van der Waals surface area contributed by atoms with E-state index >= 15 is 0 Å². The van der Waals surface area contributed by atoms with Crippen molar-refractivity contribution in [2.45, 2.75) is 38.7 Å². The van der Waals surface area contributed by atoms with Crippen LogP contribution in [0.4, 0.5) is 0 Å². The zero-order valence-electron chi connectivity index (χ0n) is 9.84. The van der Waals surface area contributed by atoms with Gasteiger partial charge in [0.15, 0.2) is 0 Å². The molecule has 0 aliphatic heterocycles. The number of H-pyrrole nitrogens is 1. The van der Waals surface area contributed by atoms with E-state index in [9.17, 15) is 4.79 Å². The largest absolute Gasteiger partial charge is 0.368 e. The molecule has 1 aromatic heterocycles. The monoisotopic (exact) mass is 244 g/mol. The number of halogens is 1.